The molecule has 1 aromatic rings. The number of hydrogen-bond donors (Lipinski definition) is 1. The monoisotopic (exact) mass is 235 g/mol. The molecule has 0 aromatic heterocycles. The standard InChI is InChI=1S/C15H25NO/c1-5-7-14(11-16-6-2)17-15-9-8-12(3)10-13(15)4/h8-10,14,16H,5-7,11H2,1-4H3. The molecule has 0 aliphatic carbocycles. The zero-order valence-electron chi connectivity index (χ0n) is 11.5. The molecule has 0 aliphatic rings. The highest BCUT2D eigenvalue weighted by Gasteiger charge is 2.10. The van der Waals surface area contributed by atoms with E-state index in [1.807, 2.05) is 0 Å². The van der Waals surface area contributed by atoms with Crippen LogP contribution in [0.25, 0.3) is 0 Å². The van der Waals surface area contributed by atoms with Crippen molar-refractivity contribution in [1.29, 1.82) is 0 Å². The van der Waals surface area contributed by atoms with E-state index in [2.05, 4.69) is 51.2 Å². The Labute approximate surface area is 105 Å². The number of benzene rings is 1. The molecular formula is C15H25NO. The predicted molar refractivity (Wildman–Crippen MR) is 73.8 cm³/mol. The molecule has 0 fully saturated rings. The van der Waals surface area contributed by atoms with Gasteiger partial charge in [0, 0.05) is 6.54 Å². The fourth-order valence-electron chi connectivity index (χ4n) is 1.94. The van der Waals surface area contributed by atoms with Gasteiger partial charge in [0.05, 0.1) is 0 Å². The summed E-state index contributed by atoms with van der Waals surface area (Å²) in [4.78, 5) is 0. The lowest BCUT2D eigenvalue weighted by Gasteiger charge is -2.20. The van der Waals surface area contributed by atoms with Crippen LogP contribution in [0.1, 0.15) is 37.8 Å². The van der Waals surface area contributed by atoms with Crippen molar-refractivity contribution in [3.63, 3.8) is 0 Å². The summed E-state index contributed by atoms with van der Waals surface area (Å²) in [5.74, 6) is 1.02. The van der Waals surface area contributed by atoms with Crippen LogP contribution in [0.5, 0.6) is 5.75 Å². The molecule has 0 bridgehead atoms. The fraction of sp³-hybridized carbons (Fsp3) is 0.600. The van der Waals surface area contributed by atoms with Crippen molar-refractivity contribution in [3.05, 3.63) is 29.3 Å². The van der Waals surface area contributed by atoms with Gasteiger partial charge in [0.25, 0.3) is 0 Å². The Morgan fingerprint density at radius 1 is 1.24 bits per heavy atom. The average molecular weight is 235 g/mol. The third-order valence-electron chi connectivity index (χ3n) is 2.86. The predicted octanol–water partition coefficient (Wildman–Crippen LogP) is 3.46. The second-order valence-corrected chi connectivity index (χ2v) is 4.61. The number of ether oxygens (including phenoxy) is 1. The molecule has 1 aromatic carbocycles. The van der Waals surface area contributed by atoms with Crippen LogP contribution in [0.15, 0.2) is 18.2 Å². The second-order valence-electron chi connectivity index (χ2n) is 4.61. The van der Waals surface area contributed by atoms with Crippen molar-refractivity contribution in [2.45, 2.75) is 46.6 Å². The topological polar surface area (TPSA) is 21.3 Å². The fourth-order valence-corrected chi connectivity index (χ4v) is 1.94. The Balaban J connectivity index is 2.64. The minimum atomic E-state index is 0.279. The first-order chi connectivity index (χ1) is 8.17. The van der Waals surface area contributed by atoms with Gasteiger partial charge in [-0.1, -0.05) is 38.0 Å². The van der Waals surface area contributed by atoms with Gasteiger partial charge in [-0.05, 0) is 38.4 Å². The maximum atomic E-state index is 6.08. The Morgan fingerprint density at radius 3 is 2.59 bits per heavy atom. The Kier molecular flexibility index (Phi) is 6.06. The quantitative estimate of drug-likeness (QED) is 0.781. The van der Waals surface area contributed by atoms with Crippen molar-refractivity contribution < 1.29 is 4.74 Å². The molecule has 0 aliphatic heterocycles. The van der Waals surface area contributed by atoms with Crippen LogP contribution in [0.4, 0.5) is 0 Å². The normalized spacial score (nSPS) is 12.5. The van der Waals surface area contributed by atoms with E-state index in [9.17, 15) is 0 Å². The lowest BCUT2D eigenvalue weighted by Crippen LogP contribution is -2.31. The summed E-state index contributed by atoms with van der Waals surface area (Å²) in [5.41, 5.74) is 2.51. The molecule has 0 spiro atoms. The zero-order valence-corrected chi connectivity index (χ0v) is 11.5. The molecule has 2 nitrogen and oxygen atoms in total. The van der Waals surface area contributed by atoms with E-state index in [0.29, 0.717) is 0 Å². The van der Waals surface area contributed by atoms with Gasteiger partial charge in [-0.2, -0.15) is 0 Å². The molecule has 0 amide bonds. The van der Waals surface area contributed by atoms with Gasteiger partial charge in [0.15, 0.2) is 0 Å². The Bertz CT molecular complexity index is 336. The van der Waals surface area contributed by atoms with E-state index >= 15 is 0 Å². The molecule has 0 saturated carbocycles. The smallest absolute Gasteiger partial charge is 0.122 e. The molecule has 1 rings (SSSR count). The molecule has 0 heterocycles. The van der Waals surface area contributed by atoms with Crippen molar-refractivity contribution in [1.82, 2.24) is 5.32 Å². The van der Waals surface area contributed by atoms with Crippen molar-refractivity contribution in [3.8, 4) is 5.75 Å². The molecule has 1 N–H and O–H groups in total. The number of likely N-dealkylation sites (N-methyl/N-ethyl adjacent to an activating group) is 1. The molecule has 0 radical (unpaired) electrons. The van der Waals surface area contributed by atoms with Crippen molar-refractivity contribution in [2.24, 2.45) is 0 Å². The van der Waals surface area contributed by atoms with Gasteiger partial charge in [-0.3, -0.25) is 0 Å². The number of nitrogens with one attached hydrogen (secondary N) is 1. The minimum Gasteiger partial charge on any atom is -0.489 e. The van der Waals surface area contributed by atoms with E-state index in [1.54, 1.807) is 0 Å². The van der Waals surface area contributed by atoms with Crippen molar-refractivity contribution in [2.75, 3.05) is 13.1 Å². The summed E-state index contributed by atoms with van der Waals surface area (Å²) in [6.45, 7) is 10.5. The molecule has 0 saturated heterocycles. The van der Waals surface area contributed by atoms with E-state index in [4.69, 9.17) is 4.74 Å². The van der Waals surface area contributed by atoms with Gasteiger partial charge in [-0.15, -0.1) is 0 Å². The van der Waals surface area contributed by atoms with E-state index in [-0.39, 0.29) is 6.10 Å². The Morgan fingerprint density at radius 2 is 2.00 bits per heavy atom. The van der Waals surface area contributed by atoms with Crippen LogP contribution in [-0.2, 0) is 0 Å². The Hall–Kier alpha value is -1.02. The van der Waals surface area contributed by atoms with Gasteiger partial charge >= 0.3 is 0 Å². The third kappa shape index (κ3) is 4.78. The zero-order chi connectivity index (χ0) is 12.7. The van der Waals surface area contributed by atoms with Gasteiger partial charge in [0.2, 0.25) is 0 Å². The van der Waals surface area contributed by atoms with Crippen LogP contribution in [-0.4, -0.2) is 19.2 Å². The largest absolute Gasteiger partial charge is 0.489 e. The summed E-state index contributed by atoms with van der Waals surface area (Å²) in [6.07, 6.45) is 2.53. The van der Waals surface area contributed by atoms with Crippen LogP contribution < -0.4 is 10.1 Å². The van der Waals surface area contributed by atoms with Gasteiger partial charge in [-0.25, -0.2) is 0 Å². The second kappa shape index (κ2) is 7.33. The molecule has 1 unspecified atom stereocenters. The first-order valence-corrected chi connectivity index (χ1v) is 6.62. The highest BCUT2D eigenvalue weighted by atomic mass is 16.5. The van der Waals surface area contributed by atoms with E-state index < -0.39 is 0 Å². The van der Waals surface area contributed by atoms with E-state index in [1.165, 1.54) is 11.1 Å². The van der Waals surface area contributed by atoms with Gasteiger partial charge < -0.3 is 10.1 Å². The SMILES string of the molecule is CCCC(CNCC)Oc1ccc(C)cc1C. The minimum absolute atomic E-state index is 0.279. The number of rotatable bonds is 7. The average Bonchev–Trinajstić information content (AvgIpc) is 2.29. The molecular weight excluding hydrogens is 210 g/mol. The van der Waals surface area contributed by atoms with Crippen LogP contribution in [0, 0.1) is 13.8 Å². The first-order valence-electron chi connectivity index (χ1n) is 6.62. The van der Waals surface area contributed by atoms with Crippen molar-refractivity contribution >= 4 is 0 Å². The summed E-state index contributed by atoms with van der Waals surface area (Å²) in [5, 5.41) is 3.36. The highest BCUT2D eigenvalue weighted by Crippen LogP contribution is 2.21. The molecule has 96 valence electrons. The molecule has 1 atom stereocenters. The maximum absolute atomic E-state index is 6.08. The highest BCUT2D eigenvalue weighted by molar-refractivity contribution is 5.35. The van der Waals surface area contributed by atoms with Crippen LogP contribution in [0.2, 0.25) is 0 Å². The van der Waals surface area contributed by atoms with Crippen LogP contribution >= 0.6 is 0 Å². The summed E-state index contributed by atoms with van der Waals surface area (Å²) in [7, 11) is 0. The number of aryl methyl sites for hydroxylation is 2. The summed E-state index contributed by atoms with van der Waals surface area (Å²) < 4.78 is 6.08. The summed E-state index contributed by atoms with van der Waals surface area (Å²) >= 11 is 0. The lowest BCUT2D eigenvalue weighted by molar-refractivity contribution is 0.186. The molecule has 2 heteroatoms. The lowest BCUT2D eigenvalue weighted by atomic mass is 10.1. The maximum Gasteiger partial charge on any atom is 0.122 e. The first kappa shape index (κ1) is 14.0. The third-order valence-corrected chi connectivity index (χ3v) is 2.86. The number of hydrogen-bond acceptors (Lipinski definition) is 2. The van der Waals surface area contributed by atoms with Gasteiger partial charge in [0.1, 0.15) is 11.9 Å². The summed E-state index contributed by atoms with van der Waals surface area (Å²) in [6, 6.07) is 6.36. The van der Waals surface area contributed by atoms with E-state index in [0.717, 1.165) is 31.7 Å². The molecule has 17 heavy (non-hydrogen) atoms. The van der Waals surface area contributed by atoms with Crippen LogP contribution in [0.3, 0.4) is 0 Å².